The summed E-state index contributed by atoms with van der Waals surface area (Å²) in [6.45, 7) is 11.4. The first kappa shape index (κ1) is 16.7. The van der Waals surface area contributed by atoms with Gasteiger partial charge in [-0.15, -0.1) is 11.3 Å². The molecule has 0 aliphatic carbocycles. The Morgan fingerprint density at radius 1 is 1.22 bits per heavy atom. The second-order valence-electron chi connectivity index (χ2n) is 5.99. The molecule has 1 fully saturated rings. The SMILES string of the molecule is CCOCC(=O)N1CCN(c2nc3c(s2)CN(CC)CC3)CC1. The van der Waals surface area contributed by atoms with Gasteiger partial charge >= 0.3 is 0 Å². The van der Waals surface area contributed by atoms with E-state index in [1.807, 2.05) is 23.2 Å². The lowest BCUT2D eigenvalue weighted by Gasteiger charge is -2.34. The van der Waals surface area contributed by atoms with E-state index in [4.69, 9.17) is 9.72 Å². The quantitative estimate of drug-likeness (QED) is 0.808. The summed E-state index contributed by atoms with van der Waals surface area (Å²) in [6.07, 6.45) is 1.06. The van der Waals surface area contributed by atoms with E-state index in [1.54, 1.807) is 0 Å². The molecule has 1 aromatic rings. The molecule has 0 bridgehead atoms. The van der Waals surface area contributed by atoms with Gasteiger partial charge in [-0.3, -0.25) is 9.69 Å². The average molecular weight is 338 g/mol. The Bertz CT molecular complexity index is 540. The third kappa shape index (κ3) is 3.84. The van der Waals surface area contributed by atoms with Gasteiger partial charge in [0, 0.05) is 57.2 Å². The fourth-order valence-corrected chi connectivity index (χ4v) is 4.27. The Balaban J connectivity index is 1.56. The fourth-order valence-electron chi connectivity index (χ4n) is 3.07. The second kappa shape index (κ2) is 7.59. The minimum atomic E-state index is 0.100. The van der Waals surface area contributed by atoms with Crippen molar-refractivity contribution in [2.45, 2.75) is 26.8 Å². The van der Waals surface area contributed by atoms with E-state index in [1.165, 1.54) is 10.6 Å². The molecule has 0 radical (unpaired) electrons. The molecule has 1 amide bonds. The molecule has 1 saturated heterocycles. The van der Waals surface area contributed by atoms with Crippen molar-refractivity contribution in [3.8, 4) is 0 Å². The molecule has 0 spiro atoms. The molecule has 0 N–H and O–H groups in total. The van der Waals surface area contributed by atoms with Crippen LogP contribution in [0.15, 0.2) is 0 Å². The minimum absolute atomic E-state index is 0.100. The van der Waals surface area contributed by atoms with Crippen LogP contribution in [0.5, 0.6) is 0 Å². The molecular formula is C16H26N4O2S. The van der Waals surface area contributed by atoms with Crippen LogP contribution in [0.25, 0.3) is 0 Å². The zero-order chi connectivity index (χ0) is 16.2. The van der Waals surface area contributed by atoms with Crippen LogP contribution in [-0.4, -0.2) is 73.2 Å². The standard InChI is InChI=1S/C16H26N4O2S/c1-3-18-6-5-13-14(11-18)23-16(17-13)20-9-7-19(8-10-20)15(21)12-22-4-2/h3-12H2,1-2H3. The highest BCUT2D eigenvalue weighted by Gasteiger charge is 2.25. The van der Waals surface area contributed by atoms with E-state index in [0.29, 0.717) is 6.61 Å². The number of thiazole rings is 1. The highest BCUT2D eigenvalue weighted by atomic mass is 32.1. The van der Waals surface area contributed by atoms with Crippen LogP contribution < -0.4 is 4.90 Å². The summed E-state index contributed by atoms with van der Waals surface area (Å²) in [5, 5.41) is 1.13. The Morgan fingerprint density at radius 2 is 2.00 bits per heavy atom. The maximum Gasteiger partial charge on any atom is 0.248 e. The fraction of sp³-hybridized carbons (Fsp3) is 0.750. The van der Waals surface area contributed by atoms with Crippen LogP contribution in [-0.2, 0) is 22.5 Å². The van der Waals surface area contributed by atoms with Gasteiger partial charge in [0.25, 0.3) is 0 Å². The Kier molecular flexibility index (Phi) is 5.50. The van der Waals surface area contributed by atoms with Gasteiger partial charge in [0.1, 0.15) is 6.61 Å². The maximum absolute atomic E-state index is 12.0. The summed E-state index contributed by atoms with van der Waals surface area (Å²) in [7, 11) is 0. The number of ether oxygens (including phenoxy) is 1. The largest absolute Gasteiger partial charge is 0.372 e. The monoisotopic (exact) mass is 338 g/mol. The van der Waals surface area contributed by atoms with Crippen LogP contribution >= 0.6 is 11.3 Å². The number of hydrogen-bond acceptors (Lipinski definition) is 6. The number of carbonyl (C=O) groups is 1. The summed E-state index contributed by atoms with van der Waals surface area (Å²) in [6, 6.07) is 0. The number of aromatic nitrogens is 1. The van der Waals surface area contributed by atoms with Crippen molar-refractivity contribution in [1.82, 2.24) is 14.8 Å². The van der Waals surface area contributed by atoms with Crippen molar-refractivity contribution in [1.29, 1.82) is 0 Å². The molecule has 3 rings (SSSR count). The van der Waals surface area contributed by atoms with E-state index in [9.17, 15) is 4.79 Å². The first-order valence-corrected chi connectivity index (χ1v) is 9.34. The summed E-state index contributed by atoms with van der Waals surface area (Å²) >= 11 is 1.83. The van der Waals surface area contributed by atoms with Gasteiger partial charge in [-0.05, 0) is 13.5 Å². The molecule has 3 heterocycles. The Hall–Kier alpha value is -1.18. The third-order valence-electron chi connectivity index (χ3n) is 4.58. The zero-order valence-electron chi connectivity index (χ0n) is 14.1. The van der Waals surface area contributed by atoms with Crippen LogP contribution in [0.1, 0.15) is 24.4 Å². The average Bonchev–Trinajstić information content (AvgIpc) is 3.02. The molecule has 0 aromatic carbocycles. The lowest BCUT2D eigenvalue weighted by atomic mass is 10.2. The predicted octanol–water partition coefficient (Wildman–Crippen LogP) is 1.21. The molecule has 128 valence electrons. The van der Waals surface area contributed by atoms with Crippen molar-refractivity contribution >= 4 is 22.4 Å². The molecule has 0 atom stereocenters. The number of rotatable bonds is 5. The number of piperazine rings is 1. The maximum atomic E-state index is 12.0. The molecular weight excluding hydrogens is 312 g/mol. The van der Waals surface area contributed by atoms with E-state index < -0.39 is 0 Å². The first-order chi connectivity index (χ1) is 11.2. The Labute approximate surface area is 142 Å². The van der Waals surface area contributed by atoms with Gasteiger partial charge in [-0.2, -0.15) is 0 Å². The lowest BCUT2D eigenvalue weighted by Crippen LogP contribution is -2.49. The van der Waals surface area contributed by atoms with Gasteiger partial charge in [0.2, 0.25) is 5.91 Å². The molecule has 2 aliphatic heterocycles. The van der Waals surface area contributed by atoms with Crippen molar-refractivity contribution in [2.75, 3.05) is 57.4 Å². The van der Waals surface area contributed by atoms with E-state index in [2.05, 4.69) is 16.7 Å². The number of nitrogens with zero attached hydrogens (tertiary/aromatic N) is 4. The van der Waals surface area contributed by atoms with Gasteiger partial charge in [-0.1, -0.05) is 6.92 Å². The molecule has 7 heteroatoms. The summed E-state index contributed by atoms with van der Waals surface area (Å²) in [5.41, 5.74) is 1.28. The van der Waals surface area contributed by atoms with Crippen LogP contribution in [0.4, 0.5) is 5.13 Å². The normalized spacial score (nSPS) is 19.0. The van der Waals surface area contributed by atoms with E-state index in [0.717, 1.165) is 57.4 Å². The number of likely N-dealkylation sites (N-methyl/N-ethyl adjacent to an activating group) is 1. The van der Waals surface area contributed by atoms with Crippen LogP contribution in [0, 0.1) is 0 Å². The van der Waals surface area contributed by atoms with E-state index in [-0.39, 0.29) is 12.5 Å². The molecule has 6 nitrogen and oxygen atoms in total. The van der Waals surface area contributed by atoms with Crippen molar-refractivity contribution in [3.05, 3.63) is 10.6 Å². The number of amides is 1. The Morgan fingerprint density at radius 3 is 2.70 bits per heavy atom. The zero-order valence-corrected chi connectivity index (χ0v) is 14.9. The smallest absolute Gasteiger partial charge is 0.248 e. The highest BCUT2D eigenvalue weighted by Crippen LogP contribution is 2.31. The van der Waals surface area contributed by atoms with Crippen molar-refractivity contribution in [2.24, 2.45) is 0 Å². The minimum Gasteiger partial charge on any atom is -0.372 e. The molecule has 1 aromatic heterocycles. The predicted molar refractivity (Wildman–Crippen MR) is 92.1 cm³/mol. The number of fused-ring (bicyclic) bond motifs is 1. The molecule has 0 saturated carbocycles. The lowest BCUT2D eigenvalue weighted by molar-refractivity contribution is -0.136. The summed E-state index contributed by atoms with van der Waals surface area (Å²) in [4.78, 5) is 25.0. The van der Waals surface area contributed by atoms with Gasteiger partial charge in [0.15, 0.2) is 5.13 Å². The summed E-state index contributed by atoms with van der Waals surface area (Å²) < 4.78 is 5.22. The van der Waals surface area contributed by atoms with E-state index >= 15 is 0 Å². The second-order valence-corrected chi connectivity index (χ2v) is 7.05. The van der Waals surface area contributed by atoms with Crippen LogP contribution in [0.2, 0.25) is 0 Å². The third-order valence-corrected chi connectivity index (χ3v) is 5.72. The van der Waals surface area contributed by atoms with Crippen molar-refractivity contribution in [3.63, 3.8) is 0 Å². The van der Waals surface area contributed by atoms with Gasteiger partial charge in [-0.25, -0.2) is 4.98 Å². The van der Waals surface area contributed by atoms with Crippen LogP contribution in [0.3, 0.4) is 0 Å². The van der Waals surface area contributed by atoms with Crippen molar-refractivity contribution < 1.29 is 9.53 Å². The number of anilines is 1. The molecule has 2 aliphatic rings. The van der Waals surface area contributed by atoms with Gasteiger partial charge < -0.3 is 14.5 Å². The van der Waals surface area contributed by atoms with Gasteiger partial charge in [0.05, 0.1) is 5.69 Å². The first-order valence-electron chi connectivity index (χ1n) is 8.52. The number of hydrogen-bond donors (Lipinski definition) is 0. The molecule has 23 heavy (non-hydrogen) atoms. The summed E-state index contributed by atoms with van der Waals surface area (Å²) in [5.74, 6) is 0.100. The molecule has 0 unspecified atom stereocenters. The highest BCUT2D eigenvalue weighted by molar-refractivity contribution is 7.15. The topological polar surface area (TPSA) is 48.9 Å². The number of carbonyl (C=O) groups excluding carboxylic acids is 1.